The predicted octanol–water partition coefficient (Wildman–Crippen LogP) is 3.39. The molecule has 0 heterocycles. The molecule has 18 heavy (non-hydrogen) atoms. The molecule has 1 aliphatic rings. The number of hydrogen-bond acceptors (Lipinski definition) is 2. The number of ether oxygens (including phenoxy) is 1. The van der Waals surface area contributed by atoms with Crippen LogP contribution in [0.4, 0.5) is 13.2 Å². The van der Waals surface area contributed by atoms with Gasteiger partial charge in [0.25, 0.3) is 0 Å². The van der Waals surface area contributed by atoms with Crippen LogP contribution >= 0.6 is 0 Å². The Morgan fingerprint density at radius 2 is 2.11 bits per heavy atom. The zero-order chi connectivity index (χ0) is 13.2. The van der Waals surface area contributed by atoms with Crippen LogP contribution in [0.2, 0.25) is 0 Å². The van der Waals surface area contributed by atoms with Crippen molar-refractivity contribution in [3.63, 3.8) is 0 Å². The van der Waals surface area contributed by atoms with Gasteiger partial charge in [0.05, 0.1) is 12.7 Å². The molecule has 2 nitrogen and oxygen atoms in total. The molecule has 5 heteroatoms. The van der Waals surface area contributed by atoms with Crippen molar-refractivity contribution in [2.45, 2.75) is 38.0 Å². The number of rotatable bonds is 4. The molecule has 0 spiro atoms. The second-order valence-electron chi connectivity index (χ2n) is 4.48. The summed E-state index contributed by atoms with van der Waals surface area (Å²) in [5.41, 5.74) is 1.92. The van der Waals surface area contributed by atoms with Crippen molar-refractivity contribution in [2.75, 3.05) is 6.61 Å². The average molecular weight is 260 g/mol. The maximum Gasteiger partial charge on any atom is 0.389 e. The number of hydrogen-bond donors (Lipinski definition) is 1. The Morgan fingerprint density at radius 1 is 1.33 bits per heavy atom. The monoisotopic (exact) mass is 260 g/mol. The van der Waals surface area contributed by atoms with Crippen molar-refractivity contribution in [2.24, 2.45) is 0 Å². The predicted molar refractivity (Wildman–Crippen MR) is 60.5 cm³/mol. The highest BCUT2D eigenvalue weighted by molar-refractivity contribution is 5.39. The van der Waals surface area contributed by atoms with E-state index in [0.29, 0.717) is 12.2 Å². The van der Waals surface area contributed by atoms with Crippen molar-refractivity contribution >= 4 is 0 Å². The quantitative estimate of drug-likeness (QED) is 0.841. The van der Waals surface area contributed by atoms with E-state index >= 15 is 0 Å². The lowest BCUT2D eigenvalue weighted by Crippen LogP contribution is -2.09. The maximum absolute atomic E-state index is 11.9. The number of aryl methyl sites for hydroxylation is 1. The minimum absolute atomic E-state index is 0.0385. The van der Waals surface area contributed by atoms with E-state index in [4.69, 9.17) is 4.74 Å². The molecule has 1 atom stereocenters. The number of alkyl halides is 3. The molecule has 0 saturated heterocycles. The number of aliphatic hydroxyl groups excluding tert-OH is 1. The lowest BCUT2D eigenvalue weighted by Gasteiger charge is -2.10. The van der Waals surface area contributed by atoms with E-state index in [-0.39, 0.29) is 13.0 Å². The average Bonchev–Trinajstić information content (AvgIpc) is 2.65. The van der Waals surface area contributed by atoms with E-state index in [1.165, 1.54) is 0 Å². The molecule has 0 aliphatic heterocycles. The largest absolute Gasteiger partial charge is 0.494 e. The third-order valence-electron chi connectivity index (χ3n) is 3.03. The van der Waals surface area contributed by atoms with E-state index in [9.17, 15) is 18.3 Å². The van der Waals surface area contributed by atoms with E-state index in [2.05, 4.69) is 0 Å². The van der Waals surface area contributed by atoms with Crippen molar-refractivity contribution in [3.05, 3.63) is 29.3 Å². The smallest absolute Gasteiger partial charge is 0.389 e. The zero-order valence-electron chi connectivity index (χ0n) is 9.83. The van der Waals surface area contributed by atoms with Crippen molar-refractivity contribution in [1.29, 1.82) is 0 Å². The van der Waals surface area contributed by atoms with Gasteiger partial charge in [-0.05, 0) is 42.5 Å². The normalized spacial score (nSPS) is 18.8. The van der Waals surface area contributed by atoms with Crippen LogP contribution in [0.1, 0.15) is 36.5 Å². The van der Waals surface area contributed by atoms with E-state index in [1.54, 1.807) is 18.2 Å². The minimum Gasteiger partial charge on any atom is -0.494 e. The van der Waals surface area contributed by atoms with Crippen LogP contribution in [0.3, 0.4) is 0 Å². The van der Waals surface area contributed by atoms with Crippen molar-refractivity contribution in [1.82, 2.24) is 0 Å². The SMILES string of the molecule is OC1CCc2cc(OCCCC(F)(F)F)ccc21. The summed E-state index contributed by atoms with van der Waals surface area (Å²) in [6.45, 7) is 0.0564. The first-order valence-electron chi connectivity index (χ1n) is 5.96. The number of fused-ring (bicyclic) bond motifs is 1. The maximum atomic E-state index is 11.9. The van der Waals surface area contributed by atoms with Crippen LogP contribution < -0.4 is 4.74 Å². The molecule has 1 N–H and O–H groups in total. The van der Waals surface area contributed by atoms with Crippen LogP contribution in [-0.4, -0.2) is 17.9 Å². The van der Waals surface area contributed by atoms with Crippen LogP contribution in [0, 0.1) is 0 Å². The molecular weight excluding hydrogens is 245 g/mol. The fourth-order valence-corrected chi connectivity index (χ4v) is 2.12. The third kappa shape index (κ3) is 3.38. The highest BCUT2D eigenvalue weighted by Gasteiger charge is 2.26. The summed E-state index contributed by atoms with van der Waals surface area (Å²) in [5, 5.41) is 9.61. The molecule has 0 aromatic heterocycles. The Morgan fingerprint density at radius 3 is 2.83 bits per heavy atom. The van der Waals surface area contributed by atoms with Crippen LogP contribution in [0.15, 0.2) is 18.2 Å². The molecular formula is C13H15F3O2. The lowest BCUT2D eigenvalue weighted by atomic mass is 10.1. The highest BCUT2D eigenvalue weighted by Crippen LogP contribution is 2.33. The Kier molecular flexibility index (Phi) is 3.80. The summed E-state index contributed by atoms with van der Waals surface area (Å²) >= 11 is 0. The van der Waals surface area contributed by atoms with Gasteiger partial charge in [-0.15, -0.1) is 0 Å². The minimum atomic E-state index is -4.12. The van der Waals surface area contributed by atoms with E-state index in [1.807, 2.05) is 0 Å². The van der Waals surface area contributed by atoms with Gasteiger partial charge in [0.1, 0.15) is 5.75 Å². The summed E-state index contributed by atoms with van der Waals surface area (Å²) in [7, 11) is 0. The fraction of sp³-hybridized carbons (Fsp3) is 0.538. The number of aliphatic hydroxyl groups is 1. The summed E-state index contributed by atoms with van der Waals surface area (Å²) in [6.07, 6.45) is -3.91. The van der Waals surface area contributed by atoms with Gasteiger partial charge < -0.3 is 9.84 Å². The Labute approximate surface area is 103 Å². The van der Waals surface area contributed by atoms with Gasteiger partial charge in [0.15, 0.2) is 0 Å². The van der Waals surface area contributed by atoms with Crippen LogP contribution in [0.25, 0.3) is 0 Å². The van der Waals surface area contributed by atoms with Crippen molar-refractivity contribution < 1.29 is 23.0 Å². The molecule has 0 amide bonds. The fourth-order valence-electron chi connectivity index (χ4n) is 2.12. The second-order valence-corrected chi connectivity index (χ2v) is 4.48. The number of halogens is 3. The molecule has 1 aromatic rings. The Hall–Kier alpha value is -1.23. The highest BCUT2D eigenvalue weighted by atomic mass is 19.4. The van der Waals surface area contributed by atoms with Gasteiger partial charge in [-0.3, -0.25) is 0 Å². The summed E-state index contributed by atoms with van der Waals surface area (Å²) < 4.78 is 41.0. The summed E-state index contributed by atoms with van der Waals surface area (Å²) in [6, 6.07) is 5.28. The second kappa shape index (κ2) is 5.18. The van der Waals surface area contributed by atoms with Gasteiger partial charge in [-0.2, -0.15) is 13.2 Å². The molecule has 0 fully saturated rings. The van der Waals surface area contributed by atoms with Crippen LogP contribution in [-0.2, 0) is 6.42 Å². The summed E-state index contributed by atoms with van der Waals surface area (Å²) in [4.78, 5) is 0. The van der Waals surface area contributed by atoms with E-state index in [0.717, 1.165) is 17.5 Å². The number of benzene rings is 1. The molecule has 0 bridgehead atoms. The van der Waals surface area contributed by atoms with Gasteiger partial charge in [-0.25, -0.2) is 0 Å². The Bertz CT molecular complexity index is 415. The third-order valence-corrected chi connectivity index (χ3v) is 3.03. The topological polar surface area (TPSA) is 29.5 Å². The summed E-state index contributed by atoms with van der Waals surface area (Å²) in [5.74, 6) is 0.574. The Balaban J connectivity index is 1.84. The molecule has 0 radical (unpaired) electrons. The molecule has 1 unspecified atom stereocenters. The molecule has 100 valence electrons. The standard InChI is InChI=1S/C13H15F3O2/c14-13(15,16)6-1-7-18-10-3-4-11-9(8-10)2-5-12(11)17/h3-4,8,12,17H,1-2,5-7H2. The van der Waals surface area contributed by atoms with Gasteiger partial charge >= 0.3 is 6.18 Å². The molecule has 2 rings (SSSR count). The first-order chi connectivity index (χ1) is 8.46. The molecule has 1 aromatic carbocycles. The van der Waals surface area contributed by atoms with Crippen LogP contribution in [0.5, 0.6) is 5.75 Å². The van der Waals surface area contributed by atoms with Gasteiger partial charge in [-0.1, -0.05) is 6.07 Å². The first-order valence-corrected chi connectivity index (χ1v) is 5.96. The lowest BCUT2D eigenvalue weighted by molar-refractivity contribution is -0.136. The first kappa shape index (κ1) is 13.2. The zero-order valence-corrected chi connectivity index (χ0v) is 9.83. The van der Waals surface area contributed by atoms with E-state index < -0.39 is 18.7 Å². The van der Waals surface area contributed by atoms with Crippen molar-refractivity contribution in [3.8, 4) is 5.75 Å². The van der Waals surface area contributed by atoms with Gasteiger partial charge in [0, 0.05) is 6.42 Å². The molecule has 0 saturated carbocycles. The molecule has 1 aliphatic carbocycles. The van der Waals surface area contributed by atoms with Gasteiger partial charge in [0.2, 0.25) is 0 Å².